The van der Waals surface area contributed by atoms with E-state index in [4.69, 9.17) is 0 Å². The van der Waals surface area contributed by atoms with Gasteiger partial charge < -0.3 is 5.32 Å². The van der Waals surface area contributed by atoms with E-state index in [9.17, 15) is 0 Å². The van der Waals surface area contributed by atoms with Gasteiger partial charge in [0, 0.05) is 21.8 Å². The summed E-state index contributed by atoms with van der Waals surface area (Å²) in [6, 6.07) is 3.87. The molecule has 2 unspecified atom stereocenters. The van der Waals surface area contributed by atoms with Gasteiger partial charge in [-0.05, 0) is 43.7 Å². The summed E-state index contributed by atoms with van der Waals surface area (Å²) < 4.78 is 0. The Morgan fingerprint density at radius 2 is 2.21 bits per heavy atom. The normalized spacial score (nSPS) is 30.7. The average Bonchev–Trinajstić information content (AvgIpc) is 2.81. The van der Waals surface area contributed by atoms with Crippen LogP contribution >= 0.6 is 11.3 Å². The zero-order valence-electron chi connectivity index (χ0n) is 8.84. The number of thiophene rings is 1. The van der Waals surface area contributed by atoms with Crippen molar-refractivity contribution in [3.05, 3.63) is 21.4 Å². The van der Waals surface area contributed by atoms with Gasteiger partial charge in [0.05, 0.1) is 0 Å². The maximum absolute atomic E-state index is 3.78. The van der Waals surface area contributed by atoms with Crippen molar-refractivity contribution in [2.75, 3.05) is 0 Å². The van der Waals surface area contributed by atoms with Crippen molar-refractivity contribution in [1.82, 2.24) is 5.32 Å². The Morgan fingerprint density at radius 1 is 1.43 bits per heavy atom. The number of hydrogen-bond acceptors (Lipinski definition) is 2. The molecular weight excluding hydrogens is 190 g/mol. The van der Waals surface area contributed by atoms with Crippen LogP contribution in [0.2, 0.25) is 0 Å². The van der Waals surface area contributed by atoms with E-state index in [1.165, 1.54) is 24.1 Å². The predicted octanol–water partition coefficient (Wildman–Crippen LogP) is 3.04. The molecular formula is C12H17NS. The molecule has 0 saturated heterocycles. The molecule has 1 heterocycles. The molecule has 76 valence electrons. The minimum absolute atomic E-state index is 0.663. The van der Waals surface area contributed by atoms with Gasteiger partial charge in [-0.15, -0.1) is 11.3 Å². The largest absolute Gasteiger partial charge is 0.306 e. The summed E-state index contributed by atoms with van der Waals surface area (Å²) >= 11 is 2.00. The lowest BCUT2D eigenvalue weighted by Crippen LogP contribution is -2.25. The van der Waals surface area contributed by atoms with Gasteiger partial charge in [0.2, 0.25) is 0 Å². The molecule has 0 aromatic carbocycles. The van der Waals surface area contributed by atoms with E-state index >= 15 is 0 Å². The predicted molar refractivity (Wildman–Crippen MR) is 60.8 cm³/mol. The summed E-state index contributed by atoms with van der Waals surface area (Å²) in [5.41, 5.74) is 1.61. The lowest BCUT2D eigenvalue weighted by molar-refractivity contribution is 0.417. The minimum Gasteiger partial charge on any atom is -0.306 e. The third-order valence-electron chi connectivity index (χ3n) is 3.35. The average molecular weight is 207 g/mol. The van der Waals surface area contributed by atoms with Gasteiger partial charge in [-0.25, -0.2) is 0 Å². The molecule has 3 rings (SSSR count). The smallest absolute Gasteiger partial charge is 0.0448 e. The van der Waals surface area contributed by atoms with Crippen LogP contribution < -0.4 is 5.32 Å². The highest BCUT2D eigenvalue weighted by atomic mass is 32.1. The van der Waals surface area contributed by atoms with E-state index in [1.54, 1.807) is 10.4 Å². The molecule has 0 aliphatic heterocycles. The van der Waals surface area contributed by atoms with E-state index in [0.29, 0.717) is 6.04 Å². The highest BCUT2D eigenvalue weighted by Gasteiger charge is 2.35. The van der Waals surface area contributed by atoms with Crippen molar-refractivity contribution in [3.8, 4) is 0 Å². The molecule has 2 atom stereocenters. The van der Waals surface area contributed by atoms with Gasteiger partial charge in [-0.3, -0.25) is 0 Å². The number of hydrogen-bond donors (Lipinski definition) is 1. The van der Waals surface area contributed by atoms with Crippen LogP contribution in [0.4, 0.5) is 0 Å². The number of rotatable bonds is 2. The Bertz CT molecular complexity index is 351. The molecule has 1 nitrogen and oxygen atoms in total. The van der Waals surface area contributed by atoms with Crippen LogP contribution in [-0.4, -0.2) is 6.04 Å². The van der Waals surface area contributed by atoms with E-state index < -0.39 is 0 Å². The summed E-state index contributed by atoms with van der Waals surface area (Å²) in [4.78, 5) is 3.10. The molecule has 1 aromatic heterocycles. The van der Waals surface area contributed by atoms with Crippen molar-refractivity contribution in [3.63, 3.8) is 0 Å². The molecule has 1 fully saturated rings. The van der Waals surface area contributed by atoms with Crippen molar-refractivity contribution >= 4 is 11.3 Å². The van der Waals surface area contributed by atoms with Crippen LogP contribution in [0.5, 0.6) is 0 Å². The summed E-state index contributed by atoms with van der Waals surface area (Å²) in [6.07, 6.45) is 4.07. The van der Waals surface area contributed by atoms with E-state index in [-0.39, 0.29) is 0 Å². The molecule has 2 heteroatoms. The number of nitrogens with one attached hydrogen (secondary N) is 1. The first-order valence-corrected chi connectivity index (χ1v) is 6.41. The minimum atomic E-state index is 0.663. The summed E-state index contributed by atoms with van der Waals surface area (Å²) in [7, 11) is 0. The van der Waals surface area contributed by atoms with Gasteiger partial charge in [-0.2, -0.15) is 0 Å². The quantitative estimate of drug-likeness (QED) is 0.786. The SMILES string of the molecule is Cc1cc2c(s1)C(NC1CC1)C(C)C2. The standard InChI is InChI=1S/C12H17NS/c1-7-5-9-6-8(2)14-12(9)11(7)13-10-3-4-10/h6-7,10-11,13H,3-5H2,1-2H3. The topological polar surface area (TPSA) is 12.0 Å². The highest BCUT2D eigenvalue weighted by molar-refractivity contribution is 7.12. The Labute approximate surface area is 89.5 Å². The monoisotopic (exact) mass is 207 g/mol. The molecule has 0 amide bonds. The molecule has 0 spiro atoms. The third-order valence-corrected chi connectivity index (χ3v) is 4.53. The second-order valence-corrected chi connectivity index (χ2v) is 6.13. The van der Waals surface area contributed by atoms with Crippen molar-refractivity contribution in [2.24, 2.45) is 5.92 Å². The van der Waals surface area contributed by atoms with E-state index in [0.717, 1.165) is 12.0 Å². The molecule has 2 aliphatic rings. The summed E-state index contributed by atoms with van der Waals surface area (Å²) in [5.74, 6) is 0.803. The molecule has 1 N–H and O–H groups in total. The molecule has 14 heavy (non-hydrogen) atoms. The van der Waals surface area contributed by atoms with Crippen LogP contribution in [0.25, 0.3) is 0 Å². The van der Waals surface area contributed by atoms with Gasteiger partial charge >= 0.3 is 0 Å². The van der Waals surface area contributed by atoms with Crippen molar-refractivity contribution < 1.29 is 0 Å². The fourth-order valence-corrected chi connectivity index (χ4v) is 3.72. The Morgan fingerprint density at radius 3 is 2.93 bits per heavy atom. The molecule has 0 bridgehead atoms. The van der Waals surface area contributed by atoms with Crippen LogP contribution in [0.1, 0.15) is 41.1 Å². The van der Waals surface area contributed by atoms with E-state index in [1.807, 2.05) is 11.3 Å². The molecule has 1 saturated carbocycles. The van der Waals surface area contributed by atoms with Gasteiger partial charge in [0.15, 0.2) is 0 Å². The van der Waals surface area contributed by atoms with Crippen molar-refractivity contribution in [2.45, 2.75) is 45.2 Å². The van der Waals surface area contributed by atoms with Gasteiger partial charge in [0.25, 0.3) is 0 Å². The first kappa shape index (κ1) is 8.93. The van der Waals surface area contributed by atoms with Crippen LogP contribution in [0.15, 0.2) is 6.07 Å². The number of aryl methyl sites for hydroxylation is 1. The maximum atomic E-state index is 3.78. The zero-order chi connectivity index (χ0) is 9.71. The number of fused-ring (bicyclic) bond motifs is 1. The molecule has 2 aliphatic carbocycles. The highest BCUT2D eigenvalue weighted by Crippen LogP contribution is 2.42. The second kappa shape index (κ2) is 3.07. The Hall–Kier alpha value is -0.340. The Kier molecular flexibility index (Phi) is 1.96. The molecule has 0 radical (unpaired) electrons. The fourth-order valence-electron chi connectivity index (χ4n) is 2.47. The van der Waals surface area contributed by atoms with Gasteiger partial charge in [-0.1, -0.05) is 6.92 Å². The van der Waals surface area contributed by atoms with Crippen molar-refractivity contribution in [1.29, 1.82) is 0 Å². The van der Waals surface area contributed by atoms with E-state index in [2.05, 4.69) is 25.2 Å². The summed E-state index contributed by atoms with van der Waals surface area (Å²) in [6.45, 7) is 4.60. The fraction of sp³-hybridized carbons (Fsp3) is 0.667. The third kappa shape index (κ3) is 1.41. The second-order valence-electron chi connectivity index (χ2n) is 4.85. The zero-order valence-corrected chi connectivity index (χ0v) is 9.66. The first-order valence-electron chi connectivity index (χ1n) is 5.59. The lowest BCUT2D eigenvalue weighted by Gasteiger charge is -2.17. The lowest BCUT2D eigenvalue weighted by atomic mass is 10.1. The van der Waals surface area contributed by atoms with Crippen LogP contribution in [-0.2, 0) is 6.42 Å². The van der Waals surface area contributed by atoms with Crippen LogP contribution in [0, 0.1) is 12.8 Å². The summed E-state index contributed by atoms with van der Waals surface area (Å²) in [5, 5.41) is 3.78. The Balaban J connectivity index is 1.87. The van der Waals surface area contributed by atoms with Crippen LogP contribution in [0.3, 0.4) is 0 Å². The van der Waals surface area contributed by atoms with Gasteiger partial charge in [0.1, 0.15) is 0 Å². The first-order chi connectivity index (χ1) is 6.74. The molecule has 1 aromatic rings. The maximum Gasteiger partial charge on any atom is 0.0448 e.